The summed E-state index contributed by atoms with van der Waals surface area (Å²) in [6, 6.07) is 31.5. The van der Waals surface area contributed by atoms with Gasteiger partial charge in [0, 0.05) is 6.42 Å². The van der Waals surface area contributed by atoms with Crippen molar-refractivity contribution in [2.75, 3.05) is 6.61 Å². The number of benzene rings is 4. The Labute approximate surface area is 283 Å². The minimum Gasteiger partial charge on any atom is -0.445 e. The summed E-state index contributed by atoms with van der Waals surface area (Å²) in [4.78, 5) is 40.7. The quantitative estimate of drug-likeness (QED) is 0.240. The number of nitrogens with one attached hydrogen (secondary N) is 1. The van der Waals surface area contributed by atoms with Crippen LogP contribution in [0.25, 0.3) is 0 Å². The first-order chi connectivity index (χ1) is 22.8. The number of alkyl carbamates (subject to hydrolysis) is 1. The van der Waals surface area contributed by atoms with Crippen molar-refractivity contribution in [3.05, 3.63) is 126 Å². The predicted octanol–water partition coefficient (Wildman–Crippen LogP) is 4.73. The number of ketones is 1. The van der Waals surface area contributed by atoms with Gasteiger partial charge in [-0.2, -0.15) is 0 Å². The summed E-state index contributed by atoms with van der Waals surface area (Å²) in [6.07, 6.45) is -1.37. The second-order valence-electron chi connectivity index (χ2n) is 12.9. The molecule has 1 N–H and O–H groups in total. The lowest BCUT2D eigenvalue weighted by atomic mass is 9.99. The molecule has 4 aromatic rings. The second-order valence-corrected chi connectivity index (χ2v) is 19.0. The van der Waals surface area contributed by atoms with E-state index in [1.165, 1.54) is 12.1 Å². The summed E-state index contributed by atoms with van der Waals surface area (Å²) >= 11 is 0. The molecule has 4 aromatic carbocycles. The number of rotatable bonds is 10. The fraction of sp³-hybridized carbons (Fsp3) is 0.270. The number of sulfonamides is 1. The molecule has 11 heteroatoms. The molecule has 0 unspecified atom stereocenters. The Bertz CT molecular complexity index is 1810. The summed E-state index contributed by atoms with van der Waals surface area (Å²) in [6.45, 7) is 7.57. The van der Waals surface area contributed by atoms with Crippen LogP contribution >= 0.6 is 0 Å². The Balaban J connectivity index is 1.51. The van der Waals surface area contributed by atoms with Gasteiger partial charge in [-0.05, 0) is 40.0 Å². The molecule has 0 aliphatic carbocycles. The number of nitrogens with zero attached hydrogens (tertiary/aromatic N) is 1. The van der Waals surface area contributed by atoms with Gasteiger partial charge in [0.2, 0.25) is 0 Å². The van der Waals surface area contributed by atoms with Crippen molar-refractivity contribution in [1.29, 1.82) is 0 Å². The number of carbonyl (C=O) groups excluding carboxylic acids is 3. The molecule has 1 heterocycles. The minimum absolute atomic E-state index is 0.0676. The first-order valence-electron chi connectivity index (χ1n) is 15.7. The lowest BCUT2D eigenvalue weighted by Gasteiger charge is -2.45. The molecule has 1 saturated heterocycles. The number of hydrogen-bond acceptors (Lipinski definition) is 7. The van der Waals surface area contributed by atoms with Crippen LogP contribution in [0, 0.1) is 6.92 Å². The first kappa shape index (κ1) is 34.7. The van der Waals surface area contributed by atoms with E-state index in [-0.39, 0.29) is 18.1 Å². The Morgan fingerprint density at radius 1 is 0.833 bits per heavy atom. The van der Waals surface area contributed by atoms with Gasteiger partial charge in [0.15, 0.2) is 5.78 Å². The Kier molecular flexibility index (Phi) is 10.3. The van der Waals surface area contributed by atoms with Gasteiger partial charge in [-0.25, -0.2) is 17.5 Å². The SMILES string of the molecule is Cc1ccc(S(=O)(=O)N2C(=O)[C@H](NC(=O)OCc3ccccc3)CC(=O)[C@@H]2CO[Si](c2ccccc2)(c2ccccc2)C(C)(C)C)cc1. The van der Waals surface area contributed by atoms with Crippen LogP contribution in [0.15, 0.2) is 120 Å². The van der Waals surface area contributed by atoms with E-state index in [1.54, 1.807) is 36.4 Å². The van der Waals surface area contributed by atoms with Crippen LogP contribution in [-0.4, -0.2) is 57.5 Å². The Morgan fingerprint density at radius 2 is 1.35 bits per heavy atom. The number of piperidine rings is 1. The molecule has 9 nitrogen and oxygen atoms in total. The van der Waals surface area contributed by atoms with Crippen molar-refractivity contribution in [2.24, 2.45) is 0 Å². The normalized spacial score (nSPS) is 17.2. The molecule has 2 atom stereocenters. The fourth-order valence-corrected chi connectivity index (χ4v) is 12.3. The highest BCUT2D eigenvalue weighted by Gasteiger charge is 2.53. The average molecular weight is 685 g/mol. The summed E-state index contributed by atoms with van der Waals surface area (Å²) < 4.78 is 41.3. The number of Topliss-reactive ketones (excluding diaryl/α,β-unsaturated/α-hetero) is 1. The molecule has 1 aliphatic heterocycles. The van der Waals surface area contributed by atoms with Crippen LogP contribution in [0.5, 0.6) is 0 Å². The standard InChI is InChI=1S/C37H40N2O7SSi/c1-27-20-22-29(23-21-27)47(43,44)39-33(34(40)24-32(35(39)41)38-36(42)45-25-28-14-8-5-9-15-28)26-46-48(37(2,3)4,30-16-10-6-11-17-30)31-18-12-7-13-19-31/h5-23,32-33H,24-26H2,1-4H3,(H,38,42)/t32-,33+/m1/s1. The van der Waals surface area contributed by atoms with E-state index in [2.05, 4.69) is 26.1 Å². The summed E-state index contributed by atoms with van der Waals surface area (Å²) in [5.74, 6) is -1.50. The Hall–Kier alpha value is -4.58. The highest BCUT2D eigenvalue weighted by molar-refractivity contribution is 7.89. The maximum atomic E-state index is 14.2. The van der Waals surface area contributed by atoms with Crippen LogP contribution < -0.4 is 15.7 Å². The van der Waals surface area contributed by atoms with Gasteiger partial charge in [0.25, 0.3) is 24.2 Å². The number of aryl methyl sites for hydroxylation is 1. The third-order valence-corrected chi connectivity index (χ3v) is 15.4. The summed E-state index contributed by atoms with van der Waals surface area (Å²) in [5.41, 5.74) is 1.55. The van der Waals surface area contributed by atoms with Gasteiger partial charge in [0.05, 0.1) is 11.5 Å². The largest absolute Gasteiger partial charge is 0.445 e. The van der Waals surface area contributed by atoms with E-state index in [9.17, 15) is 22.8 Å². The van der Waals surface area contributed by atoms with E-state index in [4.69, 9.17) is 9.16 Å². The molecule has 48 heavy (non-hydrogen) atoms. The maximum absolute atomic E-state index is 14.2. The molecule has 2 amide bonds. The molecule has 0 radical (unpaired) electrons. The molecule has 0 saturated carbocycles. The number of hydrogen-bond donors (Lipinski definition) is 1. The van der Waals surface area contributed by atoms with Crippen LogP contribution in [0.1, 0.15) is 38.3 Å². The zero-order chi connectivity index (χ0) is 34.5. The lowest BCUT2D eigenvalue weighted by Crippen LogP contribution is -2.69. The average Bonchev–Trinajstić information content (AvgIpc) is 3.07. The molecule has 0 aromatic heterocycles. The van der Waals surface area contributed by atoms with Crippen molar-refractivity contribution in [2.45, 2.75) is 62.7 Å². The van der Waals surface area contributed by atoms with E-state index >= 15 is 0 Å². The van der Waals surface area contributed by atoms with E-state index in [0.29, 0.717) is 4.31 Å². The fourth-order valence-electron chi connectivity index (χ4n) is 6.12. The third kappa shape index (κ3) is 7.13. The first-order valence-corrected chi connectivity index (χ1v) is 19.1. The topological polar surface area (TPSA) is 119 Å². The maximum Gasteiger partial charge on any atom is 0.408 e. The monoisotopic (exact) mass is 684 g/mol. The van der Waals surface area contributed by atoms with Crippen LogP contribution in [0.2, 0.25) is 5.04 Å². The molecule has 1 fully saturated rings. The van der Waals surface area contributed by atoms with Crippen molar-refractivity contribution >= 4 is 46.5 Å². The van der Waals surface area contributed by atoms with Crippen LogP contribution in [0.3, 0.4) is 0 Å². The van der Waals surface area contributed by atoms with Gasteiger partial charge in [-0.15, -0.1) is 0 Å². The molecular formula is C37H40N2O7SSi. The van der Waals surface area contributed by atoms with Crippen molar-refractivity contribution in [1.82, 2.24) is 9.62 Å². The molecule has 250 valence electrons. The minimum atomic E-state index is -4.56. The smallest absolute Gasteiger partial charge is 0.408 e. The lowest BCUT2D eigenvalue weighted by molar-refractivity contribution is -0.142. The predicted molar refractivity (Wildman–Crippen MR) is 186 cm³/mol. The van der Waals surface area contributed by atoms with Gasteiger partial charge in [-0.1, -0.05) is 129 Å². The zero-order valence-electron chi connectivity index (χ0n) is 27.5. The molecule has 0 bridgehead atoms. The van der Waals surface area contributed by atoms with Crippen LogP contribution in [-0.2, 0) is 35.4 Å². The van der Waals surface area contributed by atoms with Crippen molar-refractivity contribution < 1.29 is 32.0 Å². The van der Waals surface area contributed by atoms with E-state index < -0.39 is 59.7 Å². The molecule has 5 rings (SSSR count). The van der Waals surface area contributed by atoms with Gasteiger partial charge in [-0.3, -0.25) is 9.59 Å². The number of amides is 2. The van der Waals surface area contributed by atoms with E-state index in [1.807, 2.05) is 73.7 Å². The van der Waals surface area contributed by atoms with Gasteiger partial charge < -0.3 is 14.5 Å². The molecule has 1 aliphatic rings. The van der Waals surface area contributed by atoms with E-state index in [0.717, 1.165) is 21.5 Å². The van der Waals surface area contributed by atoms with Crippen LogP contribution in [0.4, 0.5) is 4.79 Å². The summed E-state index contributed by atoms with van der Waals surface area (Å²) in [7, 11) is -7.78. The second kappa shape index (κ2) is 14.3. The molecule has 0 spiro atoms. The zero-order valence-corrected chi connectivity index (χ0v) is 29.3. The molecular weight excluding hydrogens is 645 g/mol. The highest BCUT2D eigenvalue weighted by Crippen LogP contribution is 2.37. The van der Waals surface area contributed by atoms with Crippen molar-refractivity contribution in [3.8, 4) is 0 Å². The third-order valence-electron chi connectivity index (χ3n) is 8.53. The highest BCUT2D eigenvalue weighted by atomic mass is 32.2. The number of ether oxygens (including phenoxy) is 1. The Morgan fingerprint density at radius 3 is 1.88 bits per heavy atom. The van der Waals surface area contributed by atoms with Gasteiger partial charge >= 0.3 is 6.09 Å². The van der Waals surface area contributed by atoms with Gasteiger partial charge in [0.1, 0.15) is 18.7 Å². The van der Waals surface area contributed by atoms with Crippen molar-refractivity contribution in [3.63, 3.8) is 0 Å². The summed E-state index contributed by atoms with van der Waals surface area (Å²) in [5, 5.41) is 3.84. The number of carbonyl (C=O) groups is 3.